The van der Waals surface area contributed by atoms with E-state index in [1.54, 1.807) is 0 Å². The van der Waals surface area contributed by atoms with Gasteiger partial charge in [0.2, 0.25) is 0 Å². The van der Waals surface area contributed by atoms with Crippen molar-refractivity contribution in [3.8, 4) is 5.75 Å². The Hall–Kier alpha value is -2.37. The molecule has 0 spiro atoms. The van der Waals surface area contributed by atoms with Crippen molar-refractivity contribution in [3.63, 3.8) is 0 Å². The van der Waals surface area contributed by atoms with Crippen LogP contribution in [0, 0.1) is 0 Å². The van der Waals surface area contributed by atoms with Crippen LogP contribution in [0.25, 0.3) is 0 Å². The Balaban J connectivity index is 1.11. The highest BCUT2D eigenvalue weighted by molar-refractivity contribution is 5.94. The Morgan fingerprint density at radius 2 is 1.84 bits per heavy atom. The normalized spacial score (nSPS) is 22.8. The SMILES string of the molecule is O=C(N[C@H]1CCc2cc(CNC3CCC3)ccc2C1)c1ccc(OC[C@@H]2CCCO2)cc1. The third-order valence-corrected chi connectivity index (χ3v) is 7.11. The van der Waals surface area contributed by atoms with E-state index in [4.69, 9.17) is 9.47 Å². The first-order valence-electron chi connectivity index (χ1n) is 12.2. The van der Waals surface area contributed by atoms with Gasteiger partial charge in [0.05, 0.1) is 6.10 Å². The average Bonchev–Trinajstić information content (AvgIpc) is 3.31. The first-order chi connectivity index (χ1) is 15.7. The number of fused-ring (bicyclic) bond motifs is 1. The molecular formula is C27H34N2O3. The van der Waals surface area contributed by atoms with E-state index < -0.39 is 0 Å². The maximum absolute atomic E-state index is 12.8. The molecule has 32 heavy (non-hydrogen) atoms. The van der Waals surface area contributed by atoms with Crippen LogP contribution in [0.5, 0.6) is 5.75 Å². The summed E-state index contributed by atoms with van der Waals surface area (Å²) in [6.45, 7) is 2.37. The maximum atomic E-state index is 12.8. The molecule has 1 aliphatic heterocycles. The summed E-state index contributed by atoms with van der Waals surface area (Å²) in [6, 6.07) is 15.2. The zero-order valence-corrected chi connectivity index (χ0v) is 18.8. The Bertz CT molecular complexity index is 917. The summed E-state index contributed by atoms with van der Waals surface area (Å²) in [5.41, 5.74) is 4.86. The highest BCUT2D eigenvalue weighted by Gasteiger charge is 2.22. The minimum atomic E-state index is -0.00885. The van der Waals surface area contributed by atoms with E-state index in [0.29, 0.717) is 18.2 Å². The smallest absolute Gasteiger partial charge is 0.251 e. The van der Waals surface area contributed by atoms with Crippen LogP contribution in [0.1, 0.15) is 65.6 Å². The van der Waals surface area contributed by atoms with Gasteiger partial charge in [0.15, 0.2) is 0 Å². The number of rotatable bonds is 8. The van der Waals surface area contributed by atoms with Crippen molar-refractivity contribution >= 4 is 5.91 Å². The van der Waals surface area contributed by atoms with Crippen molar-refractivity contribution in [2.45, 2.75) is 76.1 Å². The largest absolute Gasteiger partial charge is 0.491 e. The fourth-order valence-electron chi connectivity index (χ4n) is 4.85. The zero-order chi connectivity index (χ0) is 21.8. The molecule has 1 amide bonds. The van der Waals surface area contributed by atoms with Crippen molar-refractivity contribution in [2.24, 2.45) is 0 Å². The van der Waals surface area contributed by atoms with Gasteiger partial charge in [-0.1, -0.05) is 24.6 Å². The molecule has 5 heteroatoms. The standard InChI is InChI=1S/C27H34N2O3/c30-27(20-9-12-25(13-10-20)32-18-26-5-2-14-31-26)29-24-11-8-21-15-19(6-7-22(21)16-24)17-28-23-3-1-4-23/h6-7,9-10,12-13,15,23-24,26,28H,1-5,8,11,14,16-18H2,(H,29,30)/t24-,26-/m0/s1. The van der Waals surface area contributed by atoms with Crippen molar-refractivity contribution < 1.29 is 14.3 Å². The van der Waals surface area contributed by atoms with Crippen molar-refractivity contribution in [2.75, 3.05) is 13.2 Å². The predicted molar refractivity (Wildman–Crippen MR) is 125 cm³/mol. The lowest BCUT2D eigenvalue weighted by atomic mass is 9.87. The lowest BCUT2D eigenvalue weighted by Gasteiger charge is -2.28. The molecule has 5 rings (SSSR count). The topological polar surface area (TPSA) is 59.6 Å². The molecule has 2 aromatic carbocycles. The molecule has 5 nitrogen and oxygen atoms in total. The molecule has 2 aromatic rings. The van der Waals surface area contributed by atoms with Gasteiger partial charge in [-0.2, -0.15) is 0 Å². The third kappa shape index (κ3) is 5.33. The van der Waals surface area contributed by atoms with Gasteiger partial charge in [0, 0.05) is 30.8 Å². The van der Waals surface area contributed by atoms with Gasteiger partial charge in [0.1, 0.15) is 12.4 Å². The summed E-state index contributed by atoms with van der Waals surface area (Å²) in [7, 11) is 0. The third-order valence-electron chi connectivity index (χ3n) is 7.11. The van der Waals surface area contributed by atoms with Crippen LogP contribution < -0.4 is 15.4 Å². The number of amides is 1. The highest BCUT2D eigenvalue weighted by atomic mass is 16.5. The van der Waals surface area contributed by atoms with Crippen molar-refractivity contribution in [3.05, 3.63) is 64.7 Å². The number of hydrogen-bond donors (Lipinski definition) is 2. The lowest BCUT2D eigenvalue weighted by molar-refractivity contribution is 0.0679. The number of carbonyl (C=O) groups excluding carboxylic acids is 1. The van der Waals surface area contributed by atoms with Crippen molar-refractivity contribution in [1.29, 1.82) is 0 Å². The zero-order valence-electron chi connectivity index (χ0n) is 18.8. The second kappa shape index (κ2) is 10.1. The summed E-state index contributed by atoms with van der Waals surface area (Å²) >= 11 is 0. The van der Waals surface area contributed by atoms with Gasteiger partial charge in [-0.15, -0.1) is 0 Å². The van der Waals surface area contributed by atoms with E-state index in [2.05, 4.69) is 28.8 Å². The molecule has 0 radical (unpaired) electrons. The van der Waals surface area contributed by atoms with Crippen LogP contribution in [0.4, 0.5) is 0 Å². The van der Waals surface area contributed by atoms with Gasteiger partial charge in [-0.05, 0) is 85.9 Å². The van der Waals surface area contributed by atoms with E-state index in [9.17, 15) is 4.79 Å². The fraction of sp³-hybridized carbons (Fsp3) is 0.519. The van der Waals surface area contributed by atoms with Gasteiger partial charge >= 0.3 is 0 Å². The molecular weight excluding hydrogens is 400 g/mol. The number of benzene rings is 2. The highest BCUT2D eigenvalue weighted by Crippen LogP contribution is 2.24. The molecule has 0 unspecified atom stereocenters. The number of ether oxygens (including phenoxy) is 2. The molecule has 2 N–H and O–H groups in total. The van der Waals surface area contributed by atoms with Gasteiger partial charge in [0.25, 0.3) is 5.91 Å². The molecule has 3 aliphatic rings. The number of carbonyl (C=O) groups is 1. The summed E-state index contributed by atoms with van der Waals surface area (Å²) in [5, 5.41) is 6.88. The van der Waals surface area contributed by atoms with Crippen LogP contribution in [0.3, 0.4) is 0 Å². The summed E-state index contributed by atoms with van der Waals surface area (Å²) in [6.07, 6.45) is 9.27. The minimum absolute atomic E-state index is 0.00885. The Kier molecular flexibility index (Phi) is 6.75. The van der Waals surface area contributed by atoms with Crippen LogP contribution in [-0.2, 0) is 24.1 Å². The molecule has 0 bridgehead atoms. The molecule has 1 heterocycles. The van der Waals surface area contributed by atoms with E-state index >= 15 is 0 Å². The lowest BCUT2D eigenvalue weighted by Crippen LogP contribution is -2.39. The number of aryl methyl sites for hydroxylation is 1. The molecule has 2 aliphatic carbocycles. The van der Waals surface area contributed by atoms with E-state index in [0.717, 1.165) is 51.0 Å². The average molecular weight is 435 g/mol. The first kappa shape index (κ1) is 21.5. The van der Waals surface area contributed by atoms with Gasteiger partial charge in [-0.3, -0.25) is 4.79 Å². The van der Waals surface area contributed by atoms with Crippen LogP contribution >= 0.6 is 0 Å². The molecule has 2 fully saturated rings. The predicted octanol–water partition coefficient (Wildman–Crippen LogP) is 4.17. The van der Waals surface area contributed by atoms with Gasteiger partial charge < -0.3 is 20.1 Å². The fourth-order valence-corrected chi connectivity index (χ4v) is 4.85. The van der Waals surface area contributed by atoms with E-state index in [-0.39, 0.29) is 18.1 Å². The summed E-state index contributed by atoms with van der Waals surface area (Å²) in [4.78, 5) is 12.8. The second-order valence-electron chi connectivity index (χ2n) is 9.50. The van der Waals surface area contributed by atoms with Gasteiger partial charge in [-0.25, -0.2) is 0 Å². The first-order valence-corrected chi connectivity index (χ1v) is 12.2. The Morgan fingerprint density at radius 3 is 2.59 bits per heavy atom. The van der Waals surface area contributed by atoms with Crippen molar-refractivity contribution in [1.82, 2.24) is 10.6 Å². The summed E-state index contributed by atoms with van der Waals surface area (Å²) in [5.74, 6) is 0.775. The van der Waals surface area contributed by atoms with E-state index in [1.807, 2.05) is 24.3 Å². The monoisotopic (exact) mass is 434 g/mol. The number of hydrogen-bond acceptors (Lipinski definition) is 4. The minimum Gasteiger partial charge on any atom is -0.491 e. The van der Waals surface area contributed by atoms with E-state index in [1.165, 1.54) is 36.0 Å². The quantitative estimate of drug-likeness (QED) is 0.655. The maximum Gasteiger partial charge on any atom is 0.251 e. The van der Waals surface area contributed by atoms with Crippen LogP contribution in [0.2, 0.25) is 0 Å². The molecule has 1 saturated carbocycles. The molecule has 1 saturated heterocycles. The Labute approximate surface area is 190 Å². The number of nitrogens with one attached hydrogen (secondary N) is 2. The van der Waals surface area contributed by atoms with Crippen LogP contribution in [0.15, 0.2) is 42.5 Å². The molecule has 0 aromatic heterocycles. The molecule has 170 valence electrons. The molecule has 2 atom stereocenters. The second-order valence-corrected chi connectivity index (χ2v) is 9.50. The summed E-state index contributed by atoms with van der Waals surface area (Å²) < 4.78 is 11.4. The van der Waals surface area contributed by atoms with Crippen LogP contribution in [-0.4, -0.2) is 37.3 Å². The Morgan fingerprint density at radius 1 is 0.969 bits per heavy atom.